The summed E-state index contributed by atoms with van der Waals surface area (Å²) in [5, 5.41) is 9.59. The fourth-order valence-corrected chi connectivity index (χ4v) is 5.82. The smallest absolute Gasteiger partial charge is 0.235 e. The molecule has 0 fully saturated rings. The fraction of sp³-hybridized carbons (Fsp3) is 0.344. The zero-order valence-electron chi connectivity index (χ0n) is 22.5. The SMILES string of the molecule is CC(N=C=O)c1ccc2c(c1)CCc1cc(C(C)N=C=O)ccc1C2(C[C@H](C)N)C(=N)Cc1ccc(F)cc1. The predicted octanol–water partition coefficient (Wildman–Crippen LogP) is 6.00. The Labute approximate surface area is 228 Å². The third-order valence-electron chi connectivity index (χ3n) is 7.74. The number of benzene rings is 3. The monoisotopic (exact) mass is 524 g/mol. The number of rotatable bonds is 9. The third kappa shape index (κ3) is 5.71. The van der Waals surface area contributed by atoms with Gasteiger partial charge in [0, 0.05) is 18.2 Å². The van der Waals surface area contributed by atoms with Crippen molar-refractivity contribution in [1.29, 1.82) is 5.41 Å². The molecule has 6 nitrogen and oxygen atoms in total. The molecule has 3 N–H and O–H groups in total. The minimum absolute atomic E-state index is 0.228. The van der Waals surface area contributed by atoms with Crippen molar-refractivity contribution < 1.29 is 14.0 Å². The molecule has 3 aromatic carbocycles. The van der Waals surface area contributed by atoms with Gasteiger partial charge in [0.2, 0.25) is 12.2 Å². The zero-order valence-corrected chi connectivity index (χ0v) is 22.5. The molecule has 200 valence electrons. The van der Waals surface area contributed by atoms with Crippen molar-refractivity contribution in [1.82, 2.24) is 0 Å². The van der Waals surface area contributed by atoms with Gasteiger partial charge in [-0.1, -0.05) is 48.5 Å². The predicted molar refractivity (Wildman–Crippen MR) is 150 cm³/mol. The van der Waals surface area contributed by atoms with Crippen molar-refractivity contribution in [3.05, 3.63) is 105 Å². The van der Waals surface area contributed by atoms with Gasteiger partial charge >= 0.3 is 0 Å². The van der Waals surface area contributed by atoms with E-state index in [-0.39, 0.29) is 23.9 Å². The summed E-state index contributed by atoms with van der Waals surface area (Å²) in [6, 6.07) is 17.5. The quantitative estimate of drug-likeness (QED) is 0.264. The number of nitrogens with two attached hydrogens (primary N) is 1. The van der Waals surface area contributed by atoms with Crippen LogP contribution in [0.5, 0.6) is 0 Å². The first kappa shape index (κ1) is 28.0. The number of isocyanates is 2. The van der Waals surface area contributed by atoms with Crippen LogP contribution in [0.15, 0.2) is 70.6 Å². The largest absolute Gasteiger partial charge is 0.328 e. The van der Waals surface area contributed by atoms with Gasteiger partial charge in [0.15, 0.2) is 0 Å². The number of carbonyl (C=O) groups excluding carboxylic acids is 2. The third-order valence-corrected chi connectivity index (χ3v) is 7.74. The Morgan fingerprint density at radius 2 is 1.38 bits per heavy atom. The molecule has 39 heavy (non-hydrogen) atoms. The molecule has 1 aliphatic rings. The van der Waals surface area contributed by atoms with Crippen molar-refractivity contribution >= 4 is 17.9 Å². The Morgan fingerprint density at radius 3 is 1.82 bits per heavy atom. The van der Waals surface area contributed by atoms with Gasteiger partial charge in [-0.15, -0.1) is 0 Å². The van der Waals surface area contributed by atoms with Gasteiger partial charge in [0.25, 0.3) is 0 Å². The van der Waals surface area contributed by atoms with Gasteiger partial charge in [-0.2, -0.15) is 9.98 Å². The average molecular weight is 525 g/mol. The number of aliphatic imine (C=N–C) groups is 2. The highest BCUT2D eigenvalue weighted by Gasteiger charge is 2.43. The van der Waals surface area contributed by atoms with E-state index in [0.29, 0.717) is 31.4 Å². The highest BCUT2D eigenvalue weighted by molar-refractivity contribution is 5.98. The molecular formula is C32H33FN4O2. The van der Waals surface area contributed by atoms with E-state index < -0.39 is 5.41 Å². The first-order valence-electron chi connectivity index (χ1n) is 13.2. The first-order valence-corrected chi connectivity index (χ1v) is 13.2. The maximum absolute atomic E-state index is 13.7. The van der Waals surface area contributed by atoms with Crippen molar-refractivity contribution in [2.75, 3.05) is 0 Å². The minimum atomic E-state index is -0.838. The van der Waals surface area contributed by atoms with Crippen LogP contribution in [0, 0.1) is 11.2 Å². The lowest BCUT2D eigenvalue weighted by Gasteiger charge is -2.39. The van der Waals surface area contributed by atoms with E-state index >= 15 is 0 Å². The molecular weight excluding hydrogens is 491 g/mol. The maximum Gasteiger partial charge on any atom is 0.235 e. The molecule has 7 heteroatoms. The molecule has 0 saturated heterocycles. The van der Waals surface area contributed by atoms with Crippen LogP contribution in [0.25, 0.3) is 0 Å². The molecule has 0 heterocycles. The molecule has 4 rings (SSSR count). The van der Waals surface area contributed by atoms with Crippen molar-refractivity contribution in [3.8, 4) is 0 Å². The summed E-state index contributed by atoms with van der Waals surface area (Å²) in [6.07, 6.45) is 5.56. The molecule has 3 aromatic rings. The van der Waals surface area contributed by atoms with Crippen molar-refractivity contribution in [3.63, 3.8) is 0 Å². The summed E-state index contributed by atoms with van der Waals surface area (Å²) in [5.41, 5.74) is 12.9. The molecule has 2 unspecified atom stereocenters. The van der Waals surface area contributed by atoms with E-state index in [1.807, 2.05) is 45.0 Å². The van der Waals surface area contributed by atoms with Crippen LogP contribution in [0.1, 0.15) is 78.2 Å². The van der Waals surface area contributed by atoms with E-state index in [0.717, 1.165) is 38.9 Å². The van der Waals surface area contributed by atoms with Gasteiger partial charge in [-0.25, -0.2) is 14.0 Å². The minimum Gasteiger partial charge on any atom is -0.328 e. The molecule has 1 aliphatic carbocycles. The van der Waals surface area contributed by atoms with E-state index in [4.69, 9.17) is 5.73 Å². The molecule has 0 bridgehead atoms. The van der Waals surface area contributed by atoms with Crippen molar-refractivity contribution in [2.45, 2.75) is 70.0 Å². The standard InChI is InChI=1S/C32H33FN4O2/c1-20(34)17-32(31(35)14-23-4-10-28(33)11-5-23)29-12-8-24(21(2)36-18-38)15-26(29)6-7-27-16-25(9-13-30(27)32)22(3)37-19-39/h4-5,8-13,15-16,20-22,35H,6-7,14,17,34H2,1-3H3/t20-,21?,22?,32?/m0/s1. The Morgan fingerprint density at radius 1 is 0.897 bits per heavy atom. The van der Waals surface area contributed by atoms with Crippen LogP contribution >= 0.6 is 0 Å². The zero-order chi connectivity index (χ0) is 28.2. The normalized spacial score (nSPS) is 18.3. The lowest BCUT2D eigenvalue weighted by Crippen LogP contribution is -2.43. The van der Waals surface area contributed by atoms with Crippen molar-refractivity contribution in [2.24, 2.45) is 15.7 Å². The number of hydrogen-bond donors (Lipinski definition) is 2. The van der Waals surface area contributed by atoms with Crippen LogP contribution in [0.3, 0.4) is 0 Å². The Kier molecular flexibility index (Phi) is 8.47. The average Bonchev–Trinajstić information content (AvgIpc) is 3.04. The number of nitrogens with zero attached hydrogens (tertiary/aromatic N) is 2. The van der Waals surface area contributed by atoms with E-state index in [1.165, 1.54) is 12.1 Å². The molecule has 0 amide bonds. The fourth-order valence-electron chi connectivity index (χ4n) is 5.82. The number of nitrogens with one attached hydrogen (secondary N) is 1. The van der Waals surface area contributed by atoms with Crippen LogP contribution in [-0.2, 0) is 34.3 Å². The van der Waals surface area contributed by atoms with Gasteiger partial charge in [-0.05, 0) is 91.1 Å². The van der Waals surface area contributed by atoms with Gasteiger partial charge in [0.05, 0.1) is 17.5 Å². The number of fused-ring (bicyclic) bond motifs is 2. The van der Waals surface area contributed by atoms with Crippen LogP contribution in [-0.4, -0.2) is 23.9 Å². The van der Waals surface area contributed by atoms with Crippen LogP contribution < -0.4 is 5.73 Å². The summed E-state index contributed by atoms with van der Waals surface area (Å²) < 4.78 is 13.7. The highest BCUT2D eigenvalue weighted by Crippen LogP contribution is 2.46. The topological polar surface area (TPSA) is 109 Å². The summed E-state index contributed by atoms with van der Waals surface area (Å²) in [5.74, 6) is -0.319. The van der Waals surface area contributed by atoms with E-state index in [1.54, 1.807) is 24.3 Å². The maximum atomic E-state index is 13.7. The molecule has 0 aliphatic heterocycles. The molecule has 0 spiro atoms. The molecule has 0 radical (unpaired) electrons. The summed E-state index contributed by atoms with van der Waals surface area (Å²) in [4.78, 5) is 29.7. The summed E-state index contributed by atoms with van der Waals surface area (Å²) in [7, 11) is 0. The molecule has 0 aromatic heterocycles. The molecule has 0 saturated carbocycles. The van der Waals surface area contributed by atoms with Gasteiger partial charge < -0.3 is 11.1 Å². The lowest BCUT2D eigenvalue weighted by molar-refractivity contribution is 0.532. The van der Waals surface area contributed by atoms with Crippen LogP contribution in [0.2, 0.25) is 0 Å². The number of aryl methyl sites for hydroxylation is 2. The number of hydrogen-bond acceptors (Lipinski definition) is 6. The first-order chi connectivity index (χ1) is 18.7. The Hall–Kier alpha value is -4.02. The second kappa shape index (κ2) is 11.8. The summed E-state index contributed by atoms with van der Waals surface area (Å²) in [6.45, 7) is 5.65. The summed E-state index contributed by atoms with van der Waals surface area (Å²) >= 11 is 0. The lowest BCUT2D eigenvalue weighted by atomic mass is 9.64. The second-order valence-electron chi connectivity index (χ2n) is 10.5. The molecule has 3 atom stereocenters. The van der Waals surface area contributed by atoms with Gasteiger partial charge in [0.1, 0.15) is 5.82 Å². The Bertz CT molecular complexity index is 1390. The van der Waals surface area contributed by atoms with E-state index in [9.17, 15) is 19.4 Å². The Balaban J connectivity index is 1.97. The van der Waals surface area contributed by atoms with Crippen LogP contribution in [0.4, 0.5) is 4.39 Å². The van der Waals surface area contributed by atoms with E-state index in [2.05, 4.69) is 22.1 Å². The second-order valence-corrected chi connectivity index (χ2v) is 10.5. The van der Waals surface area contributed by atoms with Gasteiger partial charge in [-0.3, -0.25) is 0 Å². The number of halogens is 1. The highest BCUT2D eigenvalue weighted by atomic mass is 19.1.